The summed E-state index contributed by atoms with van der Waals surface area (Å²) in [7, 11) is 0. The molecule has 1 heterocycles. The van der Waals surface area contributed by atoms with E-state index < -0.39 is 16.6 Å². The number of rotatable bonds is 4. The Kier molecular flexibility index (Phi) is 3.97. The molecular weight excluding hydrogens is 308 g/mol. The molecule has 1 amide bonds. The minimum absolute atomic E-state index is 0.0240. The average molecular weight is 330 g/mol. The van der Waals surface area contributed by atoms with Crippen LogP contribution in [0.15, 0.2) is 39.5 Å². The molecule has 3 rings (SSSR count). The van der Waals surface area contributed by atoms with Crippen LogP contribution in [0.4, 0.5) is 5.69 Å². The summed E-state index contributed by atoms with van der Waals surface area (Å²) in [4.78, 5) is 23.9. The third kappa shape index (κ3) is 2.52. The summed E-state index contributed by atoms with van der Waals surface area (Å²) in [5.74, 6) is -0.236. The summed E-state index contributed by atoms with van der Waals surface area (Å²) in [6.45, 7) is 6.43. The number of carbonyl (C=O) groups excluding carboxylic acids is 1. The lowest BCUT2D eigenvalue weighted by Gasteiger charge is -2.57. The van der Waals surface area contributed by atoms with Gasteiger partial charge < -0.3 is 20.2 Å². The molecule has 0 bridgehead atoms. The Morgan fingerprint density at radius 2 is 2.12 bits per heavy atom. The number of hydrogen-bond donors (Lipinski definition) is 2. The Morgan fingerprint density at radius 1 is 1.38 bits per heavy atom. The lowest BCUT2D eigenvalue weighted by molar-refractivity contribution is -0.166. The van der Waals surface area contributed by atoms with Crippen molar-refractivity contribution in [3.63, 3.8) is 0 Å². The van der Waals surface area contributed by atoms with Crippen LogP contribution < -0.4 is 16.7 Å². The van der Waals surface area contributed by atoms with Crippen molar-refractivity contribution in [1.82, 2.24) is 0 Å². The van der Waals surface area contributed by atoms with Gasteiger partial charge in [-0.2, -0.15) is 0 Å². The molecule has 1 saturated carbocycles. The van der Waals surface area contributed by atoms with Crippen molar-refractivity contribution in [1.29, 1.82) is 0 Å². The zero-order valence-corrected chi connectivity index (χ0v) is 14.1. The van der Waals surface area contributed by atoms with E-state index in [4.69, 9.17) is 14.9 Å². The van der Waals surface area contributed by atoms with Crippen molar-refractivity contribution >= 4 is 22.6 Å². The molecule has 128 valence electrons. The molecule has 1 aromatic carbocycles. The number of amides is 1. The van der Waals surface area contributed by atoms with Gasteiger partial charge in [-0.15, -0.1) is 0 Å². The van der Waals surface area contributed by atoms with E-state index >= 15 is 0 Å². The molecule has 6 nitrogen and oxygen atoms in total. The molecule has 6 heteroatoms. The highest BCUT2D eigenvalue weighted by molar-refractivity contribution is 6.00. The second-order valence-electron chi connectivity index (χ2n) is 6.80. The molecule has 1 aromatic heterocycles. The maximum Gasteiger partial charge on any atom is 0.336 e. The predicted molar refractivity (Wildman–Crippen MR) is 91.8 cm³/mol. The molecule has 1 aliphatic rings. The van der Waals surface area contributed by atoms with E-state index in [1.54, 1.807) is 24.3 Å². The normalized spacial score (nSPS) is 25.2. The summed E-state index contributed by atoms with van der Waals surface area (Å²) in [5.41, 5.74) is 5.63. The number of nitrogens with two attached hydrogens (primary N) is 1. The highest BCUT2D eigenvalue weighted by Gasteiger charge is 2.62. The molecule has 0 aliphatic heterocycles. The summed E-state index contributed by atoms with van der Waals surface area (Å²) < 4.78 is 10.7. The number of ether oxygens (including phenoxy) is 1. The van der Waals surface area contributed by atoms with Gasteiger partial charge in [-0.1, -0.05) is 13.8 Å². The highest BCUT2D eigenvalue weighted by atomic mass is 16.5. The van der Waals surface area contributed by atoms with Gasteiger partial charge in [0.1, 0.15) is 11.1 Å². The predicted octanol–water partition coefficient (Wildman–Crippen LogP) is 2.26. The van der Waals surface area contributed by atoms with Crippen molar-refractivity contribution < 1.29 is 13.9 Å². The summed E-state index contributed by atoms with van der Waals surface area (Å²) in [6, 6.07) is 8.11. The average Bonchev–Trinajstić information content (AvgIpc) is 2.54. The van der Waals surface area contributed by atoms with Gasteiger partial charge in [0.2, 0.25) is 5.91 Å². The second-order valence-corrected chi connectivity index (χ2v) is 6.80. The van der Waals surface area contributed by atoms with Gasteiger partial charge in [0, 0.05) is 35.6 Å². The van der Waals surface area contributed by atoms with Crippen LogP contribution in [0.2, 0.25) is 0 Å². The van der Waals surface area contributed by atoms with Crippen LogP contribution in [0.1, 0.15) is 27.2 Å². The molecular formula is C18H22N2O4. The van der Waals surface area contributed by atoms with Crippen LogP contribution in [0, 0.1) is 5.41 Å². The molecule has 3 N–H and O–H groups in total. The van der Waals surface area contributed by atoms with Gasteiger partial charge in [-0.25, -0.2) is 4.79 Å². The molecule has 2 unspecified atom stereocenters. The van der Waals surface area contributed by atoms with Crippen LogP contribution in [0.5, 0.6) is 0 Å². The second kappa shape index (κ2) is 5.72. The van der Waals surface area contributed by atoms with Crippen LogP contribution >= 0.6 is 0 Å². The van der Waals surface area contributed by atoms with Gasteiger partial charge in [-0.05, 0) is 31.2 Å². The van der Waals surface area contributed by atoms with Crippen molar-refractivity contribution in [2.24, 2.45) is 11.1 Å². The topological polar surface area (TPSA) is 94.6 Å². The molecule has 2 aromatic rings. The van der Waals surface area contributed by atoms with E-state index in [9.17, 15) is 9.59 Å². The van der Waals surface area contributed by atoms with Gasteiger partial charge in [0.25, 0.3) is 0 Å². The van der Waals surface area contributed by atoms with E-state index in [-0.39, 0.29) is 12.0 Å². The van der Waals surface area contributed by atoms with E-state index in [0.717, 1.165) is 5.39 Å². The van der Waals surface area contributed by atoms with E-state index in [2.05, 4.69) is 5.32 Å². The number of carbonyl (C=O) groups is 1. The zero-order chi connectivity index (χ0) is 17.5. The quantitative estimate of drug-likeness (QED) is 0.839. The zero-order valence-electron chi connectivity index (χ0n) is 14.1. The molecule has 24 heavy (non-hydrogen) atoms. The summed E-state index contributed by atoms with van der Waals surface area (Å²) >= 11 is 0. The lowest BCUT2D eigenvalue weighted by Crippen LogP contribution is -2.74. The first-order valence-electron chi connectivity index (χ1n) is 8.04. The Labute approximate surface area is 140 Å². The summed E-state index contributed by atoms with van der Waals surface area (Å²) in [5, 5.41) is 3.60. The third-order valence-corrected chi connectivity index (χ3v) is 5.11. The van der Waals surface area contributed by atoms with Gasteiger partial charge in [0.05, 0.1) is 6.10 Å². The fourth-order valence-electron chi connectivity index (χ4n) is 3.21. The first-order chi connectivity index (χ1) is 11.3. The fraction of sp³-hybridized carbons (Fsp3) is 0.444. The smallest absolute Gasteiger partial charge is 0.336 e. The minimum Gasteiger partial charge on any atom is -0.423 e. The van der Waals surface area contributed by atoms with E-state index in [0.29, 0.717) is 24.3 Å². The standard InChI is InChI=1S/C18H22N2O4/c1-4-23-14-10-18(19,17(14,2)3)16(22)20-12-6-7-13-11(9-12)5-8-15(21)24-13/h5-9,14H,4,10,19H2,1-3H3,(H,20,22). The number of anilines is 1. The van der Waals surface area contributed by atoms with Gasteiger partial charge in [-0.3, -0.25) is 4.79 Å². The highest BCUT2D eigenvalue weighted by Crippen LogP contribution is 2.50. The number of benzene rings is 1. The molecule has 0 saturated heterocycles. The molecule has 2 atom stereocenters. The van der Waals surface area contributed by atoms with Crippen molar-refractivity contribution in [3.05, 3.63) is 40.8 Å². The molecule has 1 aliphatic carbocycles. The Morgan fingerprint density at radius 3 is 2.79 bits per heavy atom. The maximum absolute atomic E-state index is 12.7. The largest absolute Gasteiger partial charge is 0.423 e. The Bertz CT molecular complexity index is 842. The number of hydrogen-bond acceptors (Lipinski definition) is 5. The van der Waals surface area contributed by atoms with Crippen molar-refractivity contribution in [3.8, 4) is 0 Å². The monoisotopic (exact) mass is 330 g/mol. The Hall–Kier alpha value is -2.18. The maximum atomic E-state index is 12.7. The minimum atomic E-state index is -0.981. The summed E-state index contributed by atoms with van der Waals surface area (Å²) in [6.07, 6.45) is 0.464. The van der Waals surface area contributed by atoms with Crippen LogP contribution in [0.25, 0.3) is 11.0 Å². The fourth-order valence-corrected chi connectivity index (χ4v) is 3.21. The molecule has 0 spiro atoms. The first kappa shape index (κ1) is 16.7. The van der Waals surface area contributed by atoms with Crippen molar-refractivity contribution in [2.45, 2.75) is 38.8 Å². The Balaban J connectivity index is 1.80. The molecule has 1 fully saturated rings. The SMILES string of the molecule is CCOC1CC(N)(C(=O)Nc2ccc3oc(=O)ccc3c2)C1(C)C. The van der Waals surface area contributed by atoms with Crippen molar-refractivity contribution in [2.75, 3.05) is 11.9 Å². The van der Waals surface area contributed by atoms with Gasteiger partial charge >= 0.3 is 5.63 Å². The third-order valence-electron chi connectivity index (χ3n) is 5.11. The first-order valence-corrected chi connectivity index (χ1v) is 8.04. The number of fused-ring (bicyclic) bond motifs is 1. The van der Waals surface area contributed by atoms with Crippen LogP contribution in [0.3, 0.4) is 0 Å². The van der Waals surface area contributed by atoms with E-state index in [1.807, 2.05) is 20.8 Å². The molecule has 0 radical (unpaired) electrons. The van der Waals surface area contributed by atoms with E-state index in [1.165, 1.54) is 6.07 Å². The van der Waals surface area contributed by atoms with Crippen LogP contribution in [-0.4, -0.2) is 24.2 Å². The van der Waals surface area contributed by atoms with Gasteiger partial charge in [0.15, 0.2) is 0 Å². The number of nitrogens with one attached hydrogen (secondary N) is 1. The lowest BCUT2D eigenvalue weighted by atomic mass is 9.54. The van der Waals surface area contributed by atoms with Crippen LogP contribution in [-0.2, 0) is 9.53 Å².